The zero-order valence-corrected chi connectivity index (χ0v) is 8.73. The van der Waals surface area contributed by atoms with Gasteiger partial charge < -0.3 is 14.3 Å². The minimum atomic E-state index is -0.977. The fraction of sp³-hybridized carbons (Fsp3) is 0.500. The molecule has 0 saturated heterocycles. The lowest BCUT2D eigenvalue weighted by Gasteiger charge is -2.14. The molecule has 1 N–H and O–H groups in total. The Hall–Kier alpha value is -1.69. The second kappa shape index (κ2) is 4.05. The lowest BCUT2D eigenvalue weighted by Crippen LogP contribution is -2.25. The molecular formula is C10H11NO5. The quantitative estimate of drug-likeness (QED) is 0.812. The van der Waals surface area contributed by atoms with Gasteiger partial charge in [0.05, 0.1) is 11.6 Å². The molecule has 1 atom stereocenters. The zero-order chi connectivity index (χ0) is 11.7. The Morgan fingerprint density at radius 1 is 1.62 bits per heavy atom. The van der Waals surface area contributed by atoms with Crippen molar-refractivity contribution in [2.24, 2.45) is 5.92 Å². The molecule has 0 spiro atoms. The molecule has 0 amide bonds. The van der Waals surface area contributed by atoms with E-state index in [0.29, 0.717) is 11.6 Å². The minimum absolute atomic E-state index is 0.0239. The highest BCUT2D eigenvalue weighted by atomic mass is 16.5. The van der Waals surface area contributed by atoms with Crippen molar-refractivity contribution in [3.8, 4) is 0 Å². The molecule has 0 aliphatic heterocycles. The van der Waals surface area contributed by atoms with Gasteiger partial charge in [-0.05, 0) is 0 Å². The van der Waals surface area contributed by atoms with E-state index < -0.39 is 11.9 Å². The number of hydrogen-bond donors (Lipinski definition) is 1. The molecular weight excluding hydrogens is 214 g/mol. The first-order valence-corrected chi connectivity index (χ1v) is 4.85. The first-order chi connectivity index (χ1) is 7.61. The largest absolute Gasteiger partial charge is 0.481 e. The Kier molecular flexibility index (Phi) is 2.74. The van der Waals surface area contributed by atoms with Crippen LogP contribution in [0.4, 0.5) is 0 Å². The van der Waals surface area contributed by atoms with E-state index in [2.05, 4.69) is 4.98 Å². The molecule has 2 rings (SSSR count). The number of rotatable bonds is 3. The highest BCUT2D eigenvalue weighted by Crippen LogP contribution is 2.26. The van der Waals surface area contributed by atoms with Gasteiger partial charge in [-0.15, -0.1) is 0 Å². The molecule has 1 unspecified atom stereocenters. The Bertz CT molecular complexity index is 436. The predicted molar refractivity (Wildman–Crippen MR) is 51.0 cm³/mol. The van der Waals surface area contributed by atoms with E-state index >= 15 is 0 Å². The molecule has 1 heterocycles. The maximum Gasteiger partial charge on any atom is 0.307 e. The highest BCUT2D eigenvalue weighted by Gasteiger charge is 2.34. The smallest absolute Gasteiger partial charge is 0.307 e. The van der Waals surface area contributed by atoms with Gasteiger partial charge in [-0.2, -0.15) is 0 Å². The van der Waals surface area contributed by atoms with Gasteiger partial charge in [-0.25, -0.2) is 4.98 Å². The summed E-state index contributed by atoms with van der Waals surface area (Å²) in [7, 11) is 1.49. The van der Waals surface area contributed by atoms with Gasteiger partial charge in [-0.3, -0.25) is 9.59 Å². The second-order valence-corrected chi connectivity index (χ2v) is 3.68. The summed E-state index contributed by atoms with van der Waals surface area (Å²) in [5, 5.41) is 8.86. The third-order valence-corrected chi connectivity index (χ3v) is 2.48. The van der Waals surface area contributed by atoms with E-state index in [1.807, 2.05) is 0 Å². The van der Waals surface area contributed by atoms with Gasteiger partial charge in [0, 0.05) is 20.0 Å². The van der Waals surface area contributed by atoms with Gasteiger partial charge in [0.1, 0.15) is 6.61 Å². The van der Waals surface area contributed by atoms with Gasteiger partial charge >= 0.3 is 5.97 Å². The average Bonchev–Trinajstić information content (AvgIpc) is 2.61. The number of carboxylic acids is 1. The third-order valence-electron chi connectivity index (χ3n) is 2.48. The number of oxazole rings is 1. The molecule has 1 aromatic rings. The first kappa shape index (κ1) is 10.8. The summed E-state index contributed by atoms with van der Waals surface area (Å²) in [6.07, 6.45) is 0.216. The Labute approximate surface area is 91.2 Å². The van der Waals surface area contributed by atoms with Crippen LogP contribution in [0, 0.1) is 5.92 Å². The summed E-state index contributed by atoms with van der Waals surface area (Å²) in [6.45, 7) is 0.179. The normalized spacial score (nSPS) is 19.6. The molecule has 0 saturated carbocycles. The summed E-state index contributed by atoms with van der Waals surface area (Å²) in [6, 6.07) is 0. The predicted octanol–water partition coefficient (Wildman–Crippen LogP) is 0.651. The van der Waals surface area contributed by atoms with Crippen LogP contribution in [0.3, 0.4) is 0 Å². The lowest BCUT2D eigenvalue weighted by atomic mass is 9.89. The van der Waals surface area contributed by atoms with Crippen molar-refractivity contribution >= 4 is 11.8 Å². The Morgan fingerprint density at radius 3 is 3.00 bits per heavy atom. The van der Waals surface area contributed by atoms with Crippen LogP contribution in [-0.4, -0.2) is 29.0 Å². The molecule has 16 heavy (non-hydrogen) atoms. The van der Waals surface area contributed by atoms with E-state index in [4.69, 9.17) is 14.3 Å². The van der Waals surface area contributed by atoms with Crippen LogP contribution in [0.1, 0.15) is 28.6 Å². The third kappa shape index (κ3) is 1.83. The molecule has 86 valence electrons. The van der Waals surface area contributed by atoms with Crippen LogP contribution in [0.15, 0.2) is 4.42 Å². The molecule has 6 heteroatoms. The Balaban J connectivity index is 2.28. The van der Waals surface area contributed by atoms with Crippen LogP contribution in [0.25, 0.3) is 0 Å². The fourth-order valence-corrected chi connectivity index (χ4v) is 1.74. The topological polar surface area (TPSA) is 89.6 Å². The molecule has 0 bridgehead atoms. The maximum absolute atomic E-state index is 11.6. The zero-order valence-electron chi connectivity index (χ0n) is 8.73. The molecule has 1 aliphatic carbocycles. The number of hydrogen-bond acceptors (Lipinski definition) is 5. The van der Waals surface area contributed by atoms with Crippen molar-refractivity contribution in [2.45, 2.75) is 19.4 Å². The second-order valence-electron chi connectivity index (χ2n) is 3.68. The number of ketones is 1. The maximum atomic E-state index is 11.6. The van der Waals surface area contributed by atoms with Crippen molar-refractivity contribution in [3.05, 3.63) is 17.3 Å². The van der Waals surface area contributed by atoms with Gasteiger partial charge in [0.15, 0.2) is 5.76 Å². The van der Waals surface area contributed by atoms with Gasteiger partial charge in [-0.1, -0.05) is 0 Å². The van der Waals surface area contributed by atoms with Crippen LogP contribution < -0.4 is 0 Å². The van der Waals surface area contributed by atoms with Gasteiger partial charge in [0.25, 0.3) is 0 Å². The van der Waals surface area contributed by atoms with E-state index in [0.717, 1.165) is 0 Å². The molecule has 0 fully saturated rings. The molecule has 0 aromatic carbocycles. The number of ether oxygens (including phenoxy) is 1. The molecule has 6 nitrogen and oxygen atoms in total. The fourth-order valence-electron chi connectivity index (χ4n) is 1.74. The van der Waals surface area contributed by atoms with Crippen molar-refractivity contribution in [2.75, 3.05) is 7.11 Å². The number of aliphatic carboxylic acids is 1. The summed E-state index contributed by atoms with van der Waals surface area (Å²) >= 11 is 0. The molecule has 1 aromatic heterocycles. The van der Waals surface area contributed by atoms with E-state index in [-0.39, 0.29) is 31.0 Å². The van der Waals surface area contributed by atoms with E-state index in [1.54, 1.807) is 0 Å². The lowest BCUT2D eigenvalue weighted by molar-refractivity contribution is -0.141. The number of carboxylic acid groups (broad SMARTS) is 1. The number of carbonyl (C=O) groups excluding carboxylic acids is 1. The van der Waals surface area contributed by atoms with Crippen molar-refractivity contribution in [1.82, 2.24) is 4.98 Å². The van der Waals surface area contributed by atoms with Crippen molar-refractivity contribution in [1.29, 1.82) is 0 Å². The molecule has 1 aliphatic rings. The SMILES string of the molecule is COCc1nc2c(o1)C(=O)CC(C(=O)O)C2. The van der Waals surface area contributed by atoms with E-state index in [9.17, 15) is 9.59 Å². The monoisotopic (exact) mass is 225 g/mol. The average molecular weight is 225 g/mol. The number of aromatic nitrogens is 1. The van der Waals surface area contributed by atoms with Crippen LogP contribution in [0.2, 0.25) is 0 Å². The minimum Gasteiger partial charge on any atom is -0.481 e. The van der Waals surface area contributed by atoms with Crippen LogP contribution in [0.5, 0.6) is 0 Å². The number of fused-ring (bicyclic) bond motifs is 1. The summed E-state index contributed by atoms with van der Waals surface area (Å²) < 4.78 is 10.0. The van der Waals surface area contributed by atoms with Crippen molar-refractivity contribution in [3.63, 3.8) is 0 Å². The standard InChI is InChI=1S/C10H11NO5/c1-15-4-8-11-6-2-5(10(13)14)3-7(12)9(6)16-8/h5H,2-4H2,1H3,(H,13,14). The molecule has 0 radical (unpaired) electrons. The Morgan fingerprint density at radius 2 is 2.38 bits per heavy atom. The summed E-state index contributed by atoms with van der Waals surface area (Å²) in [5.41, 5.74) is 0.427. The van der Waals surface area contributed by atoms with E-state index in [1.165, 1.54) is 7.11 Å². The van der Waals surface area contributed by atoms with Crippen LogP contribution >= 0.6 is 0 Å². The highest BCUT2D eigenvalue weighted by molar-refractivity contribution is 5.98. The van der Waals surface area contributed by atoms with Gasteiger partial charge in [0.2, 0.25) is 11.7 Å². The van der Waals surface area contributed by atoms with Crippen molar-refractivity contribution < 1.29 is 23.8 Å². The summed E-state index contributed by atoms with van der Waals surface area (Å²) in [5.74, 6) is -1.48. The number of methoxy groups -OCH3 is 1. The van der Waals surface area contributed by atoms with Crippen LogP contribution in [-0.2, 0) is 22.6 Å². The number of carbonyl (C=O) groups is 2. The summed E-state index contributed by atoms with van der Waals surface area (Å²) in [4.78, 5) is 26.4. The first-order valence-electron chi connectivity index (χ1n) is 4.85. The number of nitrogens with zero attached hydrogens (tertiary/aromatic N) is 1. The number of Topliss-reactive ketones (excluding diaryl/α,β-unsaturated/α-hetero) is 1.